The van der Waals surface area contributed by atoms with Crippen LogP contribution in [0.5, 0.6) is 0 Å². The van der Waals surface area contributed by atoms with Gasteiger partial charge in [0.05, 0.1) is 0 Å². The van der Waals surface area contributed by atoms with Crippen molar-refractivity contribution >= 4 is 12.4 Å². The molecule has 0 aliphatic carbocycles. The number of carbonyl (C=O) groups excluding carboxylic acids is 2. The molecule has 0 saturated carbocycles. The summed E-state index contributed by atoms with van der Waals surface area (Å²) in [5.41, 5.74) is 0.635. The molecule has 1 rings (SSSR count). The van der Waals surface area contributed by atoms with Crippen molar-refractivity contribution < 1.29 is 14.3 Å². The van der Waals surface area contributed by atoms with Gasteiger partial charge in [0.2, 0.25) is 0 Å². The summed E-state index contributed by atoms with van der Waals surface area (Å²) in [7, 11) is 0. The van der Waals surface area contributed by atoms with Gasteiger partial charge in [0.25, 0.3) is 0 Å². The maximum Gasteiger partial charge on any atom is 0.410 e. The molecule has 0 N–H and O–H groups in total. The van der Waals surface area contributed by atoms with Gasteiger partial charge in [-0.1, -0.05) is 30.3 Å². The fourth-order valence-electron chi connectivity index (χ4n) is 1.74. The first-order chi connectivity index (χ1) is 9.42. The highest BCUT2D eigenvalue weighted by Gasteiger charge is 2.21. The number of nitrogens with zero attached hydrogens (tertiary/aromatic N) is 1. The second-order valence-corrected chi connectivity index (χ2v) is 5.66. The van der Waals surface area contributed by atoms with E-state index in [4.69, 9.17) is 4.74 Å². The van der Waals surface area contributed by atoms with Crippen molar-refractivity contribution in [2.45, 2.75) is 39.2 Å². The Balaban J connectivity index is 2.59. The molecule has 0 heterocycles. The zero-order chi connectivity index (χ0) is 15.0. The highest BCUT2D eigenvalue weighted by molar-refractivity contribution is 5.68. The molecule has 20 heavy (non-hydrogen) atoms. The molecule has 1 aromatic rings. The van der Waals surface area contributed by atoms with E-state index < -0.39 is 5.60 Å². The Morgan fingerprint density at radius 2 is 1.85 bits per heavy atom. The van der Waals surface area contributed by atoms with Crippen molar-refractivity contribution in [1.29, 1.82) is 0 Å². The maximum absolute atomic E-state index is 12.1. The molecular weight excluding hydrogens is 254 g/mol. The second kappa shape index (κ2) is 7.68. The van der Waals surface area contributed by atoms with Gasteiger partial charge in [-0.15, -0.1) is 0 Å². The molecule has 110 valence electrons. The minimum atomic E-state index is -0.525. The Bertz CT molecular complexity index is 423. The summed E-state index contributed by atoms with van der Waals surface area (Å²) in [4.78, 5) is 24.2. The van der Waals surface area contributed by atoms with Crippen LogP contribution in [-0.4, -0.2) is 36.0 Å². The van der Waals surface area contributed by atoms with Crippen LogP contribution in [0.3, 0.4) is 0 Å². The molecule has 0 bridgehead atoms. The zero-order valence-corrected chi connectivity index (χ0v) is 12.5. The topological polar surface area (TPSA) is 46.6 Å². The van der Waals surface area contributed by atoms with E-state index in [2.05, 4.69) is 0 Å². The van der Waals surface area contributed by atoms with Crippen molar-refractivity contribution in [3.8, 4) is 0 Å². The highest BCUT2D eigenvalue weighted by atomic mass is 16.6. The molecule has 0 unspecified atom stereocenters. The van der Waals surface area contributed by atoms with Crippen LogP contribution >= 0.6 is 0 Å². The lowest BCUT2D eigenvalue weighted by Gasteiger charge is -2.27. The van der Waals surface area contributed by atoms with E-state index in [9.17, 15) is 9.59 Å². The molecule has 1 aromatic carbocycles. The van der Waals surface area contributed by atoms with Gasteiger partial charge in [-0.3, -0.25) is 0 Å². The molecule has 0 aliphatic rings. The van der Waals surface area contributed by atoms with Crippen molar-refractivity contribution in [1.82, 2.24) is 4.90 Å². The Morgan fingerprint density at radius 1 is 1.20 bits per heavy atom. The van der Waals surface area contributed by atoms with Crippen LogP contribution < -0.4 is 0 Å². The number of aldehydes is 1. The Labute approximate surface area is 120 Å². The lowest BCUT2D eigenvalue weighted by Crippen LogP contribution is -2.38. The van der Waals surface area contributed by atoms with Crippen LogP contribution in [0, 0.1) is 0 Å². The van der Waals surface area contributed by atoms with Gasteiger partial charge in [0.1, 0.15) is 11.9 Å². The van der Waals surface area contributed by atoms with E-state index in [0.717, 1.165) is 18.3 Å². The lowest BCUT2D eigenvalue weighted by atomic mass is 10.1. The van der Waals surface area contributed by atoms with E-state index >= 15 is 0 Å². The van der Waals surface area contributed by atoms with Gasteiger partial charge < -0.3 is 14.4 Å². The first-order valence-corrected chi connectivity index (χ1v) is 6.88. The molecule has 0 atom stereocenters. The predicted molar refractivity (Wildman–Crippen MR) is 78.6 cm³/mol. The second-order valence-electron chi connectivity index (χ2n) is 5.66. The van der Waals surface area contributed by atoms with E-state index in [0.29, 0.717) is 19.5 Å². The van der Waals surface area contributed by atoms with Gasteiger partial charge in [-0.25, -0.2) is 4.79 Å². The summed E-state index contributed by atoms with van der Waals surface area (Å²) >= 11 is 0. The average molecular weight is 277 g/mol. The van der Waals surface area contributed by atoms with Crippen LogP contribution in [0.15, 0.2) is 30.3 Å². The number of hydrogen-bond donors (Lipinski definition) is 0. The molecular formula is C16H23NO3. The van der Waals surface area contributed by atoms with Crippen molar-refractivity contribution in [3.63, 3.8) is 0 Å². The Morgan fingerprint density at radius 3 is 2.40 bits per heavy atom. The monoisotopic (exact) mass is 277 g/mol. The van der Waals surface area contributed by atoms with Crippen LogP contribution in [0.1, 0.15) is 32.8 Å². The SMILES string of the molecule is CC(C)(C)OC(=O)N(CCC=O)CCc1ccccc1. The maximum atomic E-state index is 12.1. The van der Waals surface area contributed by atoms with E-state index in [1.54, 1.807) is 4.90 Å². The van der Waals surface area contributed by atoms with Crippen molar-refractivity contribution in [2.24, 2.45) is 0 Å². The third kappa shape index (κ3) is 6.36. The van der Waals surface area contributed by atoms with E-state index in [-0.39, 0.29) is 6.09 Å². The molecule has 0 aromatic heterocycles. The molecule has 0 fully saturated rings. The predicted octanol–water partition coefficient (Wildman–Crippen LogP) is 3.06. The number of amides is 1. The molecule has 0 saturated heterocycles. The van der Waals surface area contributed by atoms with Crippen molar-refractivity contribution in [3.05, 3.63) is 35.9 Å². The largest absolute Gasteiger partial charge is 0.444 e. The summed E-state index contributed by atoms with van der Waals surface area (Å²) in [5, 5.41) is 0. The van der Waals surface area contributed by atoms with Crippen LogP contribution in [0.25, 0.3) is 0 Å². The molecule has 4 nitrogen and oxygen atoms in total. The van der Waals surface area contributed by atoms with E-state index in [1.165, 1.54) is 0 Å². The first kappa shape index (κ1) is 16.2. The number of carbonyl (C=O) groups is 2. The summed E-state index contributed by atoms with van der Waals surface area (Å²) < 4.78 is 5.36. The standard InChI is InChI=1S/C16H23NO3/c1-16(2,3)20-15(19)17(11-7-13-18)12-10-14-8-5-4-6-9-14/h4-6,8-9,13H,7,10-12H2,1-3H3. The number of benzene rings is 1. The number of hydrogen-bond acceptors (Lipinski definition) is 3. The summed E-state index contributed by atoms with van der Waals surface area (Å²) in [6, 6.07) is 9.94. The molecule has 1 amide bonds. The Hall–Kier alpha value is -1.84. The minimum Gasteiger partial charge on any atom is -0.444 e. The van der Waals surface area contributed by atoms with Gasteiger partial charge >= 0.3 is 6.09 Å². The summed E-state index contributed by atoms with van der Waals surface area (Å²) in [5.74, 6) is 0. The number of rotatable bonds is 6. The van der Waals surface area contributed by atoms with Crippen molar-refractivity contribution in [2.75, 3.05) is 13.1 Å². The Kier molecular flexibility index (Phi) is 6.22. The first-order valence-electron chi connectivity index (χ1n) is 6.88. The molecule has 4 heteroatoms. The van der Waals surface area contributed by atoms with Crippen LogP contribution in [0.4, 0.5) is 4.79 Å². The van der Waals surface area contributed by atoms with Gasteiger partial charge in [-0.2, -0.15) is 0 Å². The molecule has 0 radical (unpaired) electrons. The van der Waals surface area contributed by atoms with Crippen LogP contribution in [-0.2, 0) is 16.0 Å². The fraction of sp³-hybridized carbons (Fsp3) is 0.500. The highest BCUT2D eigenvalue weighted by Crippen LogP contribution is 2.11. The smallest absolute Gasteiger partial charge is 0.410 e. The fourth-order valence-corrected chi connectivity index (χ4v) is 1.74. The minimum absolute atomic E-state index is 0.327. The molecule has 0 aliphatic heterocycles. The zero-order valence-electron chi connectivity index (χ0n) is 12.5. The van der Waals surface area contributed by atoms with Gasteiger partial charge in [0.15, 0.2) is 0 Å². The van der Waals surface area contributed by atoms with Crippen LogP contribution in [0.2, 0.25) is 0 Å². The summed E-state index contributed by atoms with van der Waals surface area (Å²) in [6.07, 6.45) is 1.53. The normalized spacial score (nSPS) is 10.9. The average Bonchev–Trinajstić information content (AvgIpc) is 2.38. The van der Waals surface area contributed by atoms with Gasteiger partial charge in [0, 0.05) is 19.5 Å². The lowest BCUT2D eigenvalue weighted by molar-refractivity contribution is -0.108. The van der Waals surface area contributed by atoms with E-state index in [1.807, 2.05) is 51.1 Å². The number of ether oxygens (including phenoxy) is 1. The quantitative estimate of drug-likeness (QED) is 0.751. The third-order valence-corrected chi connectivity index (χ3v) is 2.68. The van der Waals surface area contributed by atoms with Gasteiger partial charge in [-0.05, 0) is 32.8 Å². The summed E-state index contributed by atoms with van der Waals surface area (Å²) in [6.45, 7) is 6.44. The molecule has 0 spiro atoms. The third-order valence-electron chi connectivity index (χ3n) is 2.68.